The molecule has 6 nitrogen and oxygen atoms in total. The van der Waals surface area contributed by atoms with Crippen molar-refractivity contribution in [3.8, 4) is 5.75 Å². The molecule has 0 heterocycles. The summed E-state index contributed by atoms with van der Waals surface area (Å²) in [6.45, 7) is 4.51. The number of anilines is 1. The maximum atomic E-state index is 12.9. The SMILES string of the molecule is CCOCCOC(=O)C(C)Oc1ccc(C(=O)Nc2ccc(F)cc2)cc1. The molecule has 2 aromatic carbocycles. The van der Waals surface area contributed by atoms with E-state index in [9.17, 15) is 14.0 Å². The summed E-state index contributed by atoms with van der Waals surface area (Å²) in [5.41, 5.74) is 0.892. The first-order chi connectivity index (χ1) is 13.0. The van der Waals surface area contributed by atoms with Crippen LogP contribution in [0.2, 0.25) is 0 Å². The number of hydrogen-bond acceptors (Lipinski definition) is 5. The number of ether oxygens (including phenoxy) is 3. The Hall–Kier alpha value is -2.93. The van der Waals surface area contributed by atoms with E-state index in [4.69, 9.17) is 14.2 Å². The second kappa shape index (κ2) is 10.3. The molecule has 0 saturated heterocycles. The zero-order chi connectivity index (χ0) is 19.6. The van der Waals surface area contributed by atoms with Crippen molar-refractivity contribution in [3.05, 3.63) is 59.9 Å². The first kappa shape index (κ1) is 20.4. The van der Waals surface area contributed by atoms with E-state index >= 15 is 0 Å². The molecule has 1 N–H and O–H groups in total. The van der Waals surface area contributed by atoms with Crippen LogP contribution < -0.4 is 10.1 Å². The summed E-state index contributed by atoms with van der Waals surface area (Å²) in [6, 6.07) is 11.8. The van der Waals surface area contributed by atoms with Gasteiger partial charge in [0.15, 0.2) is 6.10 Å². The number of nitrogens with one attached hydrogen (secondary N) is 1. The predicted molar refractivity (Wildman–Crippen MR) is 98.3 cm³/mol. The fraction of sp³-hybridized carbons (Fsp3) is 0.300. The van der Waals surface area contributed by atoms with Gasteiger partial charge in [-0.15, -0.1) is 0 Å². The molecule has 144 valence electrons. The summed E-state index contributed by atoms with van der Waals surface area (Å²) in [4.78, 5) is 24.0. The molecule has 0 aliphatic rings. The minimum Gasteiger partial charge on any atom is -0.479 e. The molecular formula is C20H22FNO5. The number of rotatable bonds is 9. The molecule has 0 spiro atoms. The van der Waals surface area contributed by atoms with Crippen LogP contribution in [0.4, 0.5) is 10.1 Å². The molecule has 1 unspecified atom stereocenters. The zero-order valence-corrected chi connectivity index (χ0v) is 15.2. The Kier molecular flexibility index (Phi) is 7.76. The minimum atomic E-state index is -0.787. The van der Waals surface area contributed by atoms with Gasteiger partial charge in [0.1, 0.15) is 18.2 Å². The molecule has 1 amide bonds. The smallest absolute Gasteiger partial charge is 0.347 e. The van der Waals surface area contributed by atoms with Crippen molar-refractivity contribution in [1.82, 2.24) is 0 Å². The molecule has 27 heavy (non-hydrogen) atoms. The van der Waals surface area contributed by atoms with Crippen LogP contribution in [-0.2, 0) is 14.3 Å². The number of carbonyl (C=O) groups excluding carboxylic acids is 2. The van der Waals surface area contributed by atoms with Crippen molar-refractivity contribution in [2.75, 3.05) is 25.1 Å². The van der Waals surface area contributed by atoms with E-state index < -0.39 is 12.1 Å². The van der Waals surface area contributed by atoms with Crippen molar-refractivity contribution in [2.45, 2.75) is 20.0 Å². The molecule has 0 fully saturated rings. The molecule has 2 rings (SSSR count). The monoisotopic (exact) mass is 375 g/mol. The predicted octanol–water partition coefficient (Wildman–Crippen LogP) is 3.43. The molecule has 0 bridgehead atoms. The first-order valence-electron chi connectivity index (χ1n) is 8.57. The van der Waals surface area contributed by atoms with Crippen LogP contribution in [0.25, 0.3) is 0 Å². The lowest BCUT2D eigenvalue weighted by atomic mass is 10.2. The van der Waals surface area contributed by atoms with Crippen molar-refractivity contribution >= 4 is 17.6 Å². The van der Waals surface area contributed by atoms with Crippen molar-refractivity contribution < 1.29 is 28.2 Å². The summed E-state index contributed by atoms with van der Waals surface area (Å²) in [5, 5.41) is 2.66. The third kappa shape index (κ3) is 6.71. The van der Waals surface area contributed by atoms with Gasteiger partial charge < -0.3 is 19.5 Å². The summed E-state index contributed by atoms with van der Waals surface area (Å²) in [5.74, 6) is -0.771. The lowest BCUT2D eigenvalue weighted by molar-refractivity contribution is -0.152. The maximum absolute atomic E-state index is 12.9. The van der Waals surface area contributed by atoms with E-state index in [0.29, 0.717) is 30.2 Å². The lowest BCUT2D eigenvalue weighted by Crippen LogP contribution is -2.27. The number of esters is 1. The third-order valence-electron chi connectivity index (χ3n) is 3.54. The van der Waals surface area contributed by atoms with Crippen LogP contribution in [0.3, 0.4) is 0 Å². The first-order valence-corrected chi connectivity index (χ1v) is 8.57. The molecule has 7 heteroatoms. The molecule has 2 aromatic rings. The van der Waals surface area contributed by atoms with Gasteiger partial charge in [-0.05, 0) is 62.4 Å². The fourth-order valence-corrected chi connectivity index (χ4v) is 2.14. The van der Waals surface area contributed by atoms with Gasteiger partial charge in [0.05, 0.1) is 6.61 Å². The second-order valence-corrected chi connectivity index (χ2v) is 5.61. The largest absolute Gasteiger partial charge is 0.479 e. The molecule has 1 atom stereocenters. The molecule has 0 aromatic heterocycles. The van der Waals surface area contributed by atoms with Crippen LogP contribution in [0.5, 0.6) is 5.75 Å². The van der Waals surface area contributed by atoms with Gasteiger partial charge in [0, 0.05) is 17.9 Å². The third-order valence-corrected chi connectivity index (χ3v) is 3.54. The number of halogens is 1. The Balaban J connectivity index is 1.85. The number of carbonyl (C=O) groups is 2. The van der Waals surface area contributed by atoms with Crippen LogP contribution in [0, 0.1) is 5.82 Å². The van der Waals surface area contributed by atoms with Gasteiger partial charge in [0.25, 0.3) is 5.91 Å². The number of benzene rings is 2. The van der Waals surface area contributed by atoms with Crippen LogP contribution in [0.1, 0.15) is 24.2 Å². The average Bonchev–Trinajstić information content (AvgIpc) is 2.67. The van der Waals surface area contributed by atoms with Gasteiger partial charge in [-0.3, -0.25) is 4.79 Å². The van der Waals surface area contributed by atoms with E-state index in [1.165, 1.54) is 24.3 Å². The summed E-state index contributed by atoms with van der Waals surface area (Å²) >= 11 is 0. The Morgan fingerprint density at radius 1 is 1.04 bits per heavy atom. The standard InChI is InChI=1S/C20H22FNO5/c1-3-25-12-13-26-20(24)14(2)27-18-10-4-15(5-11-18)19(23)22-17-8-6-16(21)7-9-17/h4-11,14H,3,12-13H2,1-2H3,(H,22,23). The van der Waals surface area contributed by atoms with Crippen molar-refractivity contribution in [1.29, 1.82) is 0 Å². The van der Waals surface area contributed by atoms with Crippen molar-refractivity contribution in [3.63, 3.8) is 0 Å². The quantitative estimate of drug-likeness (QED) is 0.537. The highest BCUT2D eigenvalue weighted by Gasteiger charge is 2.16. The van der Waals surface area contributed by atoms with E-state index in [1.54, 1.807) is 31.2 Å². The van der Waals surface area contributed by atoms with E-state index in [1.807, 2.05) is 6.92 Å². The molecule has 0 aliphatic heterocycles. The highest BCUT2D eigenvalue weighted by Crippen LogP contribution is 2.16. The number of amides is 1. The van der Waals surface area contributed by atoms with Gasteiger partial charge >= 0.3 is 5.97 Å². The maximum Gasteiger partial charge on any atom is 0.347 e. The van der Waals surface area contributed by atoms with Crippen LogP contribution in [0.15, 0.2) is 48.5 Å². The Labute approximate surface area is 157 Å². The molecular weight excluding hydrogens is 353 g/mol. The van der Waals surface area contributed by atoms with Gasteiger partial charge in [-0.1, -0.05) is 0 Å². The second-order valence-electron chi connectivity index (χ2n) is 5.61. The summed E-state index contributed by atoms with van der Waals surface area (Å²) in [6.07, 6.45) is -0.787. The Morgan fingerprint density at radius 3 is 2.33 bits per heavy atom. The van der Waals surface area contributed by atoms with Crippen molar-refractivity contribution in [2.24, 2.45) is 0 Å². The van der Waals surface area contributed by atoms with Gasteiger partial charge in [-0.2, -0.15) is 0 Å². The topological polar surface area (TPSA) is 73.9 Å². The zero-order valence-electron chi connectivity index (χ0n) is 15.2. The lowest BCUT2D eigenvalue weighted by Gasteiger charge is -2.14. The molecule has 0 radical (unpaired) electrons. The summed E-state index contributed by atoms with van der Waals surface area (Å²) < 4.78 is 28.5. The van der Waals surface area contributed by atoms with E-state index in [0.717, 1.165) is 0 Å². The van der Waals surface area contributed by atoms with E-state index in [-0.39, 0.29) is 18.3 Å². The average molecular weight is 375 g/mol. The minimum absolute atomic E-state index is 0.170. The van der Waals surface area contributed by atoms with Crippen LogP contribution >= 0.6 is 0 Å². The highest BCUT2D eigenvalue weighted by atomic mass is 19.1. The normalized spacial score (nSPS) is 11.5. The molecule has 0 saturated carbocycles. The Bertz CT molecular complexity index is 746. The highest BCUT2D eigenvalue weighted by molar-refractivity contribution is 6.04. The summed E-state index contributed by atoms with van der Waals surface area (Å²) in [7, 11) is 0. The fourth-order valence-electron chi connectivity index (χ4n) is 2.14. The van der Waals surface area contributed by atoms with E-state index in [2.05, 4.69) is 5.32 Å². The Morgan fingerprint density at radius 2 is 1.70 bits per heavy atom. The van der Waals surface area contributed by atoms with Crippen LogP contribution in [-0.4, -0.2) is 37.8 Å². The van der Waals surface area contributed by atoms with Gasteiger partial charge in [-0.25, -0.2) is 9.18 Å². The molecule has 0 aliphatic carbocycles. The number of hydrogen-bond donors (Lipinski definition) is 1. The van der Waals surface area contributed by atoms with Gasteiger partial charge in [0.2, 0.25) is 0 Å².